The molecule has 1 aromatic rings. The number of hydrogen-bond donors (Lipinski definition) is 0. The van der Waals surface area contributed by atoms with Crippen LogP contribution in [0.2, 0.25) is 0 Å². The molecule has 1 fully saturated rings. The predicted octanol–water partition coefficient (Wildman–Crippen LogP) is 1.12. The summed E-state index contributed by atoms with van der Waals surface area (Å²) in [5, 5.41) is 0. The van der Waals surface area contributed by atoms with E-state index in [4.69, 9.17) is 11.2 Å². The van der Waals surface area contributed by atoms with Crippen LogP contribution in [0.1, 0.15) is 28.8 Å². The first kappa shape index (κ1) is 14.3. The third-order valence-electron chi connectivity index (χ3n) is 4.01. The molecule has 2 amide bonds. The Labute approximate surface area is 127 Å². The smallest absolute Gasteiger partial charge is 0.455 e. The van der Waals surface area contributed by atoms with Crippen molar-refractivity contribution in [2.24, 2.45) is 0 Å². The zero-order chi connectivity index (χ0) is 15.7. The number of hydrogen-bond acceptors (Lipinski definition) is 4. The standard InChI is InChI=1S/C16H15N2O4/c1-2-9-22-14-7-3-5-11-12(14)10-17(15(11)19)13-6-4-8-18(21)16(13)20/h1,3,5,7,13H,4,6,8-10H2/q+1. The van der Waals surface area contributed by atoms with Gasteiger partial charge in [0.1, 0.15) is 12.4 Å². The van der Waals surface area contributed by atoms with Gasteiger partial charge in [0.2, 0.25) is 6.54 Å². The van der Waals surface area contributed by atoms with Gasteiger partial charge in [-0.05, 0) is 18.6 Å². The molecule has 2 heterocycles. The number of ether oxygens (including phenoxy) is 1. The fourth-order valence-corrected chi connectivity index (χ4v) is 2.95. The molecular formula is C16H15N2O4+. The van der Waals surface area contributed by atoms with Crippen LogP contribution >= 0.6 is 0 Å². The third kappa shape index (κ3) is 2.25. The first-order chi connectivity index (χ1) is 10.6. The zero-order valence-electron chi connectivity index (χ0n) is 11.9. The highest BCUT2D eigenvalue weighted by Crippen LogP contribution is 2.33. The van der Waals surface area contributed by atoms with Gasteiger partial charge in [-0.15, -0.1) is 6.42 Å². The summed E-state index contributed by atoms with van der Waals surface area (Å²) < 4.78 is 5.90. The van der Waals surface area contributed by atoms with E-state index in [9.17, 15) is 14.5 Å². The van der Waals surface area contributed by atoms with Gasteiger partial charge in [0, 0.05) is 22.5 Å². The van der Waals surface area contributed by atoms with Crippen molar-refractivity contribution in [3.05, 3.63) is 34.2 Å². The summed E-state index contributed by atoms with van der Waals surface area (Å²) in [7, 11) is 0. The van der Waals surface area contributed by atoms with Gasteiger partial charge in [0.15, 0.2) is 6.04 Å². The van der Waals surface area contributed by atoms with E-state index in [1.165, 1.54) is 4.90 Å². The minimum absolute atomic E-state index is 0.112. The van der Waals surface area contributed by atoms with Crippen molar-refractivity contribution < 1.29 is 19.1 Å². The second-order valence-corrected chi connectivity index (χ2v) is 5.31. The highest BCUT2D eigenvalue weighted by Gasteiger charge is 2.45. The summed E-state index contributed by atoms with van der Waals surface area (Å²) in [5.41, 5.74) is 1.23. The molecule has 1 aromatic carbocycles. The predicted molar refractivity (Wildman–Crippen MR) is 77.2 cm³/mol. The van der Waals surface area contributed by atoms with Crippen LogP contribution in [0.4, 0.5) is 0 Å². The number of carbonyl (C=O) groups is 2. The molecule has 0 N–H and O–H groups in total. The molecule has 0 radical (unpaired) electrons. The average molecular weight is 299 g/mol. The maximum atomic E-state index is 12.5. The van der Waals surface area contributed by atoms with Crippen LogP contribution in [0.25, 0.3) is 0 Å². The summed E-state index contributed by atoms with van der Waals surface area (Å²) >= 11 is 0. The minimum atomic E-state index is -0.688. The van der Waals surface area contributed by atoms with Crippen molar-refractivity contribution in [1.29, 1.82) is 0 Å². The number of benzene rings is 1. The molecule has 1 unspecified atom stereocenters. The van der Waals surface area contributed by atoms with Crippen LogP contribution in [-0.2, 0) is 11.3 Å². The second-order valence-electron chi connectivity index (χ2n) is 5.31. The second kappa shape index (κ2) is 5.60. The molecule has 112 valence electrons. The van der Waals surface area contributed by atoms with Crippen LogP contribution in [0, 0.1) is 17.3 Å². The van der Waals surface area contributed by atoms with Crippen molar-refractivity contribution in [2.45, 2.75) is 25.4 Å². The van der Waals surface area contributed by atoms with Gasteiger partial charge in [-0.2, -0.15) is 0 Å². The summed E-state index contributed by atoms with van der Waals surface area (Å²) in [5.74, 6) is 2.15. The highest BCUT2D eigenvalue weighted by molar-refractivity contribution is 6.01. The largest absolute Gasteiger partial charge is 0.481 e. The summed E-state index contributed by atoms with van der Waals surface area (Å²) in [6, 6.07) is 4.47. The lowest BCUT2D eigenvalue weighted by molar-refractivity contribution is -0.480. The minimum Gasteiger partial charge on any atom is -0.481 e. The fourth-order valence-electron chi connectivity index (χ4n) is 2.95. The van der Waals surface area contributed by atoms with Crippen molar-refractivity contribution >= 4 is 11.8 Å². The molecular weight excluding hydrogens is 284 g/mol. The van der Waals surface area contributed by atoms with Crippen LogP contribution in [0.3, 0.4) is 0 Å². The molecule has 0 spiro atoms. The Bertz CT molecular complexity index is 705. The summed E-state index contributed by atoms with van der Waals surface area (Å²) in [6.07, 6.45) is 6.30. The first-order valence-electron chi connectivity index (χ1n) is 7.11. The number of carbonyl (C=O) groups excluding carboxylic acids is 2. The number of terminal acetylenes is 1. The lowest BCUT2D eigenvalue weighted by Gasteiger charge is -2.24. The van der Waals surface area contributed by atoms with Gasteiger partial charge in [-0.3, -0.25) is 4.79 Å². The van der Waals surface area contributed by atoms with Crippen LogP contribution < -0.4 is 4.74 Å². The molecule has 0 aromatic heterocycles. The van der Waals surface area contributed by atoms with E-state index in [-0.39, 0.29) is 25.6 Å². The number of nitrogens with zero attached hydrogens (tertiary/aromatic N) is 2. The molecule has 1 saturated heterocycles. The molecule has 3 rings (SSSR count). The Morgan fingerprint density at radius 1 is 1.41 bits per heavy atom. The molecule has 6 nitrogen and oxygen atoms in total. The number of nitroso groups, excluding NO2 is 1. The SMILES string of the molecule is C#CCOc1cccc2c1CN(C1CCC[N+](=O)C1=O)C2=O. The lowest BCUT2D eigenvalue weighted by Crippen LogP contribution is -2.48. The van der Waals surface area contributed by atoms with Gasteiger partial charge < -0.3 is 9.64 Å². The summed E-state index contributed by atoms with van der Waals surface area (Å²) in [4.78, 5) is 37.5. The molecule has 0 aliphatic carbocycles. The molecule has 6 heteroatoms. The third-order valence-corrected chi connectivity index (χ3v) is 4.01. The van der Waals surface area contributed by atoms with E-state index in [0.717, 1.165) is 5.56 Å². The van der Waals surface area contributed by atoms with Crippen molar-refractivity contribution in [3.63, 3.8) is 0 Å². The maximum Gasteiger partial charge on any atom is 0.455 e. The Morgan fingerprint density at radius 2 is 2.23 bits per heavy atom. The van der Waals surface area contributed by atoms with Crippen molar-refractivity contribution in [3.8, 4) is 18.1 Å². The van der Waals surface area contributed by atoms with E-state index >= 15 is 0 Å². The molecule has 2 aliphatic rings. The number of piperidine rings is 1. The van der Waals surface area contributed by atoms with Crippen LogP contribution in [0.5, 0.6) is 5.75 Å². The summed E-state index contributed by atoms with van der Waals surface area (Å²) in [6.45, 7) is 0.571. The van der Waals surface area contributed by atoms with Gasteiger partial charge in [-0.1, -0.05) is 12.0 Å². The first-order valence-corrected chi connectivity index (χ1v) is 7.11. The topological polar surface area (TPSA) is 66.7 Å². The molecule has 2 aliphatic heterocycles. The van der Waals surface area contributed by atoms with Gasteiger partial charge in [0.25, 0.3) is 5.91 Å². The Kier molecular flexibility index (Phi) is 3.63. The zero-order valence-corrected chi connectivity index (χ0v) is 11.9. The normalized spacial score (nSPS) is 20.8. The Hall–Kier alpha value is -2.68. The quantitative estimate of drug-likeness (QED) is 0.620. The number of rotatable bonds is 3. The monoisotopic (exact) mass is 299 g/mol. The van der Waals surface area contributed by atoms with Crippen molar-refractivity contribution in [1.82, 2.24) is 4.90 Å². The van der Waals surface area contributed by atoms with Crippen molar-refractivity contribution in [2.75, 3.05) is 13.2 Å². The molecule has 0 bridgehead atoms. The van der Waals surface area contributed by atoms with E-state index in [2.05, 4.69) is 5.92 Å². The van der Waals surface area contributed by atoms with E-state index in [1.54, 1.807) is 18.2 Å². The van der Waals surface area contributed by atoms with E-state index in [0.29, 0.717) is 28.9 Å². The Morgan fingerprint density at radius 3 is 3.00 bits per heavy atom. The fraction of sp³-hybridized carbons (Fsp3) is 0.375. The average Bonchev–Trinajstić information content (AvgIpc) is 2.86. The molecule has 0 saturated carbocycles. The number of fused-ring (bicyclic) bond motifs is 1. The van der Waals surface area contributed by atoms with E-state index in [1.807, 2.05) is 0 Å². The maximum absolute atomic E-state index is 12.5. The van der Waals surface area contributed by atoms with Crippen LogP contribution in [-0.4, -0.2) is 40.7 Å². The highest BCUT2D eigenvalue weighted by atomic mass is 16.5. The molecule has 22 heavy (non-hydrogen) atoms. The Balaban J connectivity index is 1.89. The molecule has 1 atom stereocenters. The van der Waals surface area contributed by atoms with Gasteiger partial charge in [0.05, 0.1) is 11.3 Å². The van der Waals surface area contributed by atoms with E-state index < -0.39 is 11.9 Å². The van der Waals surface area contributed by atoms with Gasteiger partial charge in [-0.25, -0.2) is 4.79 Å². The number of amides is 2. The van der Waals surface area contributed by atoms with Gasteiger partial charge >= 0.3 is 5.91 Å². The van der Waals surface area contributed by atoms with Crippen LogP contribution in [0.15, 0.2) is 18.2 Å². The lowest BCUT2D eigenvalue weighted by atomic mass is 10.1.